The molecule has 1 saturated heterocycles. The number of carbonyl (C=O) groups is 2. The zero-order chi connectivity index (χ0) is 19.7. The van der Waals surface area contributed by atoms with Crippen LogP contribution in [0.25, 0.3) is 5.76 Å². The van der Waals surface area contributed by atoms with Crippen molar-refractivity contribution in [2.24, 2.45) is 0 Å². The summed E-state index contributed by atoms with van der Waals surface area (Å²) in [7, 11) is 3.93. The first-order chi connectivity index (χ1) is 12.8. The second kappa shape index (κ2) is 7.62. The number of hydrogen-bond acceptors (Lipinski definition) is 4. The summed E-state index contributed by atoms with van der Waals surface area (Å²) < 4.78 is 14.0. The third-order valence-corrected chi connectivity index (χ3v) is 5.58. The highest BCUT2D eigenvalue weighted by Crippen LogP contribution is 2.40. The number of thiophene rings is 1. The third-order valence-electron chi connectivity index (χ3n) is 4.65. The molecule has 27 heavy (non-hydrogen) atoms. The lowest BCUT2D eigenvalue weighted by molar-refractivity contribution is -0.857. The molecule has 2 heterocycles. The molecular formula is C20H22FN2O3S+. The first-order valence-electron chi connectivity index (χ1n) is 8.68. The molecule has 3 rings (SSSR count). The molecule has 1 fully saturated rings. The van der Waals surface area contributed by atoms with Gasteiger partial charge in [-0.1, -0.05) is 18.2 Å². The largest absolute Gasteiger partial charge is 0.507 e. The fraction of sp³-hybridized carbons (Fsp3) is 0.300. The SMILES string of the molecule is Cc1ccc(C(O)=C2C(=O)C(=O)N(CC[NH+](C)C)[C@@H]2c2cccs2)cc1F. The van der Waals surface area contributed by atoms with E-state index < -0.39 is 23.5 Å². The van der Waals surface area contributed by atoms with Crippen molar-refractivity contribution in [2.75, 3.05) is 27.2 Å². The molecule has 1 amide bonds. The van der Waals surface area contributed by atoms with Crippen LogP contribution in [0.2, 0.25) is 0 Å². The summed E-state index contributed by atoms with van der Waals surface area (Å²) in [5, 5.41) is 12.7. The van der Waals surface area contributed by atoms with E-state index in [1.54, 1.807) is 13.0 Å². The fourth-order valence-corrected chi connectivity index (χ4v) is 3.94. The molecule has 0 unspecified atom stereocenters. The molecule has 5 nitrogen and oxygen atoms in total. The molecule has 7 heteroatoms. The molecule has 2 aromatic rings. The Morgan fingerprint density at radius 2 is 2.04 bits per heavy atom. The Kier molecular flexibility index (Phi) is 5.43. The molecule has 0 spiro atoms. The molecular weight excluding hydrogens is 367 g/mol. The normalized spacial score (nSPS) is 19.3. The number of amides is 1. The first-order valence-corrected chi connectivity index (χ1v) is 9.56. The Hall–Kier alpha value is -2.51. The number of nitrogens with zero attached hydrogens (tertiary/aromatic N) is 1. The standard InChI is InChI=1S/C20H21FN2O3S/c1-12-6-7-13(11-14(12)21)18(24)16-17(15-5-4-10-27-15)23(9-8-22(2)3)20(26)19(16)25/h4-7,10-11,17,24H,8-9H2,1-3H3/p+1/t17-/m1/s1. The minimum Gasteiger partial charge on any atom is -0.507 e. The van der Waals surface area contributed by atoms with Crippen LogP contribution in [-0.2, 0) is 9.59 Å². The summed E-state index contributed by atoms with van der Waals surface area (Å²) in [4.78, 5) is 28.8. The van der Waals surface area contributed by atoms with Crippen LogP contribution >= 0.6 is 11.3 Å². The van der Waals surface area contributed by atoms with Crippen molar-refractivity contribution in [1.82, 2.24) is 4.90 Å². The molecule has 1 atom stereocenters. The Bertz CT molecular complexity index is 906. The van der Waals surface area contributed by atoms with Gasteiger partial charge in [-0.05, 0) is 30.0 Å². The molecule has 0 saturated carbocycles. The van der Waals surface area contributed by atoms with Crippen LogP contribution in [0, 0.1) is 12.7 Å². The highest BCUT2D eigenvalue weighted by atomic mass is 32.1. The molecule has 0 radical (unpaired) electrons. The highest BCUT2D eigenvalue weighted by molar-refractivity contribution is 7.10. The van der Waals surface area contributed by atoms with Gasteiger partial charge in [0.15, 0.2) is 0 Å². The van der Waals surface area contributed by atoms with Gasteiger partial charge in [0.25, 0.3) is 11.7 Å². The predicted octanol–water partition coefficient (Wildman–Crippen LogP) is 1.76. The topological polar surface area (TPSA) is 62.0 Å². The smallest absolute Gasteiger partial charge is 0.295 e. The number of likely N-dealkylation sites (tertiary alicyclic amines) is 1. The van der Waals surface area contributed by atoms with Crippen LogP contribution in [0.15, 0.2) is 41.3 Å². The van der Waals surface area contributed by atoms with E-state index in [0.29, 0.717) is 18.7 Å². The molecule has 1 aromatic carbocycles. The summed E-state index contributed by atoms with van der Waals surface area (Å²) in [6, 6.07) is 7.29. The van der Waals surface area contributed by atoms with Gasteiger partial charge in [-0.2, -0.15) is 0 Å². The summed E-state index contributed by atoms with van der Waals surface area (Å²) in [6.45, 7) is 2.66. The lowest BCUT2D eigenvalue weighted by Gasteiger charge is -2.24. The molecule has 142 valence electrons. The van der Waals surface area contributed by atoms with Crippen LogP contribution in [0.3, 0.4) is 0 Å². The van der Waals surface area contributed by atoms with E-state index in [9.17, 15) is 19.1 Å². The molecule has 0 aliphatic carbocycles. The average molecular weight is 389 g/mol. The summed E-state index contributed by atoms with van der Waals surface area (Å²) in [5.74, 6) is -2.19. The monoisotopic (exact) mass is 389 g/mol. The van der Waals surface area contributed by atoms with E-state index in [4.69, 9.17) is 0 Å². The number of ketones is 1. The number of nitrogens with one attached hydrogen (secondary N) is 1. The number of rotatable bonds is 5. The number of halogens is 1. The van der Waals surface area contributed by atoms with E-state index in [1.165, 1.54) is 28.4 Å². The second-order valence-electron chi connectivity index (χ2n) is 6.93. The second-order valence-corrected chi connectivity index (χ2v) is 7.91. The van der Waals surface area contributed by atoms with Gasteiger partial charge in [0.2, 0.25) is 0 Å². The Morgan fingerprint density at radius 1 is 1.30 bits per heavy atom. The van der Waals surface area contributed by atoms with Crippen molar-refractivity contribution in [3.8, 4) is 0 Å². The number of carbonyl (C=O) groups excluding carboxylic acids is 2. The quantitative estimate of drug-likeness (QED) is 0.465. The van der Waals surface area contributed by atoms with E-state index in [1.807, 2.05) is 31.6 Å². The maximum absolute atomic E-state index is 14.0. The van der Waals surface area contributed by atoms with Crippen molar-refractivity contribution in [1.29, 1.82) is 0 Å². The van der Waals surface area contributed by atoms with Crippen LogP contribution < -0.4 is 4.90 Å². The molecule has 1 aromatic heterocycles. The minimum absolute atomic E-state index is 0.0134. The van der Waals surface area contributed by atoms with Gasteiger partial charge in [-0.3, -0.25) is 9.59 Å². The van der Waals surface area contributed by atoms with Crippen LogP contribution in [-0.4, -0.2) is 48.9 Å². The Morgan fingerprint density at radius 3 is 2.63 bits per heavy atom. The fourth-order valence-electron chi connectivity index (χ4n) is 3.09. The van der Waals surface area contributed by atoms with Gasteiger partial charge in [0, 0.05) is 10.4 Å². The van der Waals surface area contributed by atoms with Gasteiger partial charge in [0.05, 0.1) is 38.8 Å². The molecule has 2 N–H and O–H groups in total. The van der Waals surface area contributed by atoms with Crippen molar-refractivity contribution in [2.45, 2.75) is 13.0 Å². The first kappa shape index (κ1) is 19.3. The summed E-state index contributed by atoms with van der Waals surface area (Å²) in [6.07, 6.45) is 0. The number of Topliss-reactive ketones (excluding diaryl/α,β-unsaturated/α-hetero) is 1. The number of hydrogen-bond donors (Lipinski definition) is 2. The van der Waals surface area contributed by atoms with Crippen molar-refractivity contribution in [3.05, 3.63) is 63.1 Å². The van der Waals surface area contributed by atoms with Gasteiger partial charge in [-0.15, -0.1) is 11.3 Å². The average Bonchev–Trinajstić information content (AvgIpc) is 3.23. The van der Waals surface area contributed by atoms with Gasteiger partial charge in [0.1, 0.15) is 11.6 Å². The van der Waals surface area contributed by atoms with E-state index >= 15 is 0 Å². The van der Waals surface area contributed by atoms with Crippen molar-refractivity contribution >= 4 is 28.8 Å². The summed E-state index contributed by atoms with van der Waals surface area (Å²) >= 11 is 1.41. The van der Waals surface area contributed by atoms with Crippen molar-refractivity contribution in [3.63, 3.8) is 0 Å². The number of aliphatic hydroxyl groups excluding tert-OH is 1. The van der Waals surface area contributed by atoms with Gasteiger partial charge < -0.3 is 14.9 Å². The van der Waals surface area contributed by atoms with Crippen LogP contribution in [0.1, 0.15) is 22.0 Å². The zero-order valence-electron chi connectivity index (χ0n) is 15.5. The number of quaternary nitrogens is 1. The van der Waals surface area contributed by atoms with E-state index in [0.717, 1.165) is 9.78 Å². The number of likely N-dealkylation sites (N-methyl/N-ethyl adjacent to an activating group) is 1. The zero-order valence-corrected chi connectivity index (χ0v) is 16.3. The Balaban J connectivity index is 2.12. The predicted molar refractivity (Wildman–Crippen MR) is 102 cm³/mol. The van der Waals surface area contributed by atoms with Crippen LogP contribution in [0.5, 0.6) is 0 Å². The minimum atomic E-state index is -0.736. The third kappa shape index (κ3) is 3.65. The van der Waals surface area contributed by atoms with Gasteiger partial charge >= 0.3 is 0 Å². The number of aliphatic hydroxyl groups is 1. The summed E-state index contributed by atoms with van der Waals surface area (Å²) in [5.41, 5.74) is 0.645. The highest BCUT2D eigenvalue weighted by Gasteiger charge is 2.46. The van der Waals surface area contributed by atoms with E-state index in [-0.39, 0.29) is 16.9 Å². The van der Waals surface area contributed by atoms with E-state index in [2.05, 4.69) is 0 Å². The van der Waals surface area contributed by atoms with Crippen LogP contribution in [0.4, 0.5) is 4.39 Å². The lowest BCUT2D eigenvalue weighted by Crippen LogP contribution is -3.06. The Labute approximate surface area is 161 Å². The number of benzene rings is 1. The van der Waals surface area contributed by atoms with Gasteiger partial charge in [-0.25, -0.2) is 4.39 Å². The molecule has 1 aliphatic heterocycles. The lowest BCUT2D eigenvalue weighted by atomic mass is 9.99. The maximum atomic E-state index is 14.0. The molecule has 0 bridgehead atoms. The number of aryl methyl sites for hydroxylation is 1. The molecule has 1 aliphatic rings. The van der Waals surface area contributed by atoms with Crippen molar-refractivity contribution < 1.29 is 24.0 Å². The maximum Gasteiger partial charge on any atom is 0.295 e.